The Bertz CT molecular complexity index is 1060. The molecular formula is C20H17FN2O2. The number of hydrogen-bond donors (Lipinski definition) is 1. The van der Waals surface area contributed by atoms with Crippen molar-refractivity contribution < 1.29 is 13.9 Å². The molecule has 2 aliphatic rings. The first-order valence-corrected chi connectivity index (χ1v) is 8.35. The topological polar surface area (TPSA) is 45.3 Å². The van der Waals surface area contributed by atoms with E-state index in [1.165, 1.54) is 17.7 Å². The quantitative estimate of drug-likeness (QED) is 0.738. The highest BCUT2D eigenvalue weighted by Gasteiger charge is 2.51. The first kappa shape index (κ1) is 14.5. The maximum atomic E-state index is 13.9. The molecule has 3 aromatic rings. The number of nitrogens with one attached hydrogen (secondary N) is 1. The molecule has 3 heterocycles. The first-order valence-electron chi connectivity index (χ1n) is 8.35. The number of carbonyl (C=O) groups is 1. The average Bonchev–Trinajstić information content (AvgIpc) is 3.09. The van der Waals surface area contributed by atoms with E-state index in [9.17, 15) is 9.18 Å². The molecule has 1 aromatic heterocycles. The second-order valence-corrected chi connectivity index (χ2v) is 6.86. The lowest BCUT2D eigenvalue weighted by Crippen LogP contribution is -2.47. The minimum Gasteiger partial charge on any atom is -0.497 e. The van der Waals surface area contributed by atoms with Crippen molar-refractivity contribution in [2.75, 3.05) is 13.7 Å². The van der Waals surface area contributed by atoms with Crippen molar-refractivity contribution in [2.45, 2.75) is 18.9 Å². The SMILES string of the molecule is COc1ccc2[nH]c3c(c2c1)CCN1C(=O)c2ccc(F)cc2C31C. The van der Waals surface area contributed by atoms with Crippen molar-refractivity contribution in [1.82, 2.24) is 9.88 Å². The Morgan fingerprint density at radius 1 is 1.24 bits per heavy atom. The van der Waals surface area contributed by atoms with Crippen LogP contribution in [0.3, 0.4) is 0 Å². The van der Waals surface area contributed by atoms with Crippen LogP contribution in [0.15, 0.2) is 36.4 Å². The van der Waals surface area contributed by atoms with E-state index in [-0.39, 0.29) is 11.7 Å². The molecule has 25 heavy (non-hydrogen) atoms. The van der Waals surface area contributed by atoms with E-state index in [2.05, 4.69) is 4.98 Å². The van der Waals surface area contributed by atoms with Crippen LogP contribution < -0.4 is 4.74 Å². The molecule has 1 atom stereocenters. The van der Waals surface area contributed by atoms with Gasteiger partial charge >= 0.3 is 0 Å². The summed E-state index contributed by atoms with van der Waals surface area (Å²) in [5.74, 6) is 0.453. The third-order valence-corrected chi connectivity index (χ3v) is 5.71. The molecule has 4 nitrogen and oxygen atoms in total. The van der Waals surface area contributed by atoms with Crippen molar-refractivity contribution in [3.8, 4) is 5.75 Å². The minimum absolute atomic E-state index is 0.0283. The molecule has 0 bridgehead atoms. The van der Waals surface area contributed by atoms with Crippen LogP contribution in [0.5, 0.6) is 5.75 Å². The van der Waals surface area contributed by atoms with Crippen LogP contribution in [0, 0.1) is 5.82 Å². The summed E-state index contributed by atoms with van der Waals surface area (Å²) >= 11 is 0. The number of aromatic nitrogens is 1. The third-order valence-electron chi connectivity index (χ3n) is 5.71. The molecule has 0 aliphatic carbocycles. The molecule has 1 unspecified atom stereocenters. The van der Waals surface area contributed by atoms with Gasteiger partial charge in [0.15, 0.2) is 0 Å². The number of aromatic amines is 1. The summed E-state index contributed by atoms with van der Waals surface area (Å²) < 4.78 is 19.3. The van der Waals surface area contributed by atoms with Gasteiger partial charge < -0.3 is 14.6 Å². The zero-order valence-corrected chi connectivity index (χ0v) is 14.0. The van der Waals surface area contributed by atoms with Gasteiger partial charge in [-0.05, 0) is 60.9 Å². The van der Waals surface area contributed by atoms with Crippen LogP contribution in [0.1, 0.15) is 34.1 Å². The summed E-state index contributed by atoms with van der Waals surface area (Å²) in [4.78, 5) is 18.2. The number of ether oxygens (including phenoxy) is 1. The predicted molar refractivity (Wildman–Crippen MR) is 92.4 cm³/mol. The van der Waals surface area contributed by atoms with Gasteiger partial charge in [-0.15, -0.1) is 0 Å². The summed E-state index contributed by atoms with van der Waals surface area (Å²) in [7, 11) is 1.65. The van der Waals surface area contributed by atoms with Gasteiger partial charge in [0.25, 0.3) is 5.91 Å². The number of rotatable bonds is 1. The summed E-state index contributed by atoms with van der Waals surface area (Å²) in [6.07, 6.45) is 0.764. The number of methoxy groups -OCH3 is 1. The number of hydrogen-bond acceptors (Lipinski definition) is 2. The van der Waals surface area contributed by atoms with Gasteiger partial charge in [0.05, 0.1) is 7.11 Å². The van der Waals surface area contributed by atoms with Crippen LogP contribution in [-0.4, -0.2) is 29.4 Å². The van der Waals surface area contributed by atoms with Gasteiger partial charge in [-0.1, -0.05) is 0 Å². The number of carbonyl (C=O) groups excluding carboxylic acids is 1. The predicted octanol–water partition coefficient (Wildman–Crippen LogP) is 3.59. The van der Waals surface area contributed by atoms with Crippen molar-refractivity contribution in [3.05, 3.63) is 64.6 Å². The number of benzene rings is 2. The van der Waals surface area contributed by atoms with E-state index in [1.54, 1.807) is 13.2 Å². The number of fused-ring (bicyclic) bond motifs is 7. The summed E-state index contributed by atoms with van der Waals surface area (Å²) in [6.45, 7) is 2.61. The number of nitrogens with zero attached hydrogens (tertiary/aromatic N) is 1. The second-order valence-electron chi connectivity index (χ2n) is 6.86. The van der Waals surface area contributed by atoms with Gasteiger partial charge in [0, 0.05) is 28.7 Å². The van der Waals surface area contributed by atoms with E-state index in [0.717, 1.165) is 34.3 Å². The Labute approximate surface area is 144 Å². The fourth-order valence-corrected chi connectivity index (χ4v) is 4.45. The molecule has 2 aliphatic heterocycles. The van der Waals surface area contributed by atoms with Crippen LogP contribution in [0.4, 0.5) is 4.39 Å². The van der Waals surface area contributed by atoms with Crippen LogP contribution >= 0.6 is 0 Å². The van der Waals surface area contributed by atoms with Crippen molar-refractivity contribution in [1.29, 1.82) is 0 Å². The fraction of sp³-hybridized carbons (Fsp3) is 0.250. The maximum Gasteiger partial charge on any atom is 0.255 e. The number of halogens is 1. The normalized spacial score (nSPS) is 21.2. The molecule has 0 spiro atoms. The lowest BCUT2D eigenvalue weighted by atomic mass is 9.82. The van der Waals surface area contributed by atoms with E-state index >= 15 is 0 Å². The number of amides is 1. The number of H-pyrrole nitrogens is 1. The fourth-order valence-electron chi connectivity index (χ4n) is 4.45. The van der Waals surface area contributed by atoms with E-state index in [1.807, 2.05) is 30.0 Å². The van der Waals surface area contributed by atoms with E-state index in [0.29, 0.717) is 12.1 Å². The van der Waals surface area contributed by atoms with E-state index in [4.69, 9.17) is 4.74 Å². The second kappa shape index (κ2) is 4.63. The van der Waals surface area contributed by atoms with Gasteiger partial charge in [-0.3, -0.25) is 4.79 Å². The highest BCUT2D eigenvalue weighted by atomic mass is 19.1. The van der Waals surface area contributed by atoms with Crippen LogP contribution in [0.2, 0.25) is 0 Å². The van der Waals surface area contributed by atoms with Gasteiger partial charge in [-0.2, -0.15) is 0 Å². The highest BCUT2D eigenvalue weighted by Crippen LogP contribution is 2.49. The van der Waals surface area contributed by atoms with Crippen molar-refractivity contribution in [3.63, 3.8) is 0 Å². The monoisotopic (exact) mass is 336 g/mol. The zero-order valence-electron chi connectivity index (χ0n) is 14.0. The summed E-state index contributed by atoms with van der Waals surface area (Å²) in [5, 5.41) is 1.10. The van der Waals surface area contributed by atoms with Gasteiger partial charge in [-0.25, -0.2) is 4.39 Å². The smallest absolute Gasteiger partial charge is 0.255 e. The average molecular weight is 336 g/mol. The molecule has 1 N–H and O–H groups in total. The summed E-state index contributed by atoms with van der Waals surface area (Å²) in [5.41, 5.74) is 3.81. The van der Waals surface area contributed by atoms with E-state index < -0.39 is 5.54 Å². The Kier molecular flexibility index (Phi) is 2.69. The molecule has 1 amide bonds. The van der Waals surface area contributed by atoms with Crippen LogP contribution in [0.25, 0.3) is 10.9 Å². The maximum absolute atomic E-state index is 13.9. The molecular weight excluding hydrogens is 319 g/mol. The van der Waals surface area contributed by atoms with Crippen molar-refractivity contribution in [2.24, 2.45) is 0 Å². The molecule has 5 rings (SSSR count). The molecule has 0 fully saturated rings. The Morgan fingerprint density at radius 3 is 2.88 bits per heavy atom. The first-order chi connectivity index (χ1) is 12.0. The highest BCUT2D eigenvalue weighted by molar-refractivity contribution is 6.01. The van der Waals surface area contributed by atoms with Crippen molar-refractivity contribution >= 4 is 16.8 Å². The standard InChI is InChI=1S/C20H17FN2O2/c1-20-16-9-11(21)3-5-14(16)19(24)23(20)8-7-13-15-10-12(25-2)4-6-17(15)22-18(13)20/h3-6,9-10,22H,7-8H2,1-2H3. The minimum atomic E-state index is -0.672. The Hall–Kier alpha value is -2.82. The Balaban J connectivity index is 1.82. The lowest BCUT2D eigenvalue weighted by Gasteiger charge is -2.40. The molecule has 0 saturated carbocycles. The molecule has 0 saturated heterocycles. The molecule has 126 valence electrons. The van der Waals surface area contributed by atoms with Gasteiger partial charge in [0.2, 0.25) is 0 Å². The molecule has 2 aromatic carbocycles. The largest absolute Gasteiger partial charge is 0.497 e. The molecule has 5 heteroatoms. The summed E-state index contributed by atoms with van der Waals surface area (Å²) in [6, 6.07) is 10.4. The van der Waals surface area contributed by atoms with Crippen LogP contribution in [-0.2, 0) is 12.0 Å². The van der Waals surface area contributed by atoms with Gasteiger partial charge in [0.1, 0.15) is 17.1 Å². The lowest BCUT2D eigenvalue weighted by molar-refractivity contribution is 0.0625. The third kappa shape index (κ3) is 1.68. The molecule has 0 radical (unpaired) electrons. The Morgan fingerprint density at radius 2 is 2.08 bits per heavy atom. The zero-order chi connectivity index (χ0) is 17.3.